The van der Waals surface area contributed by atoms with Crippen LogP contribution in [0.3, 0.4) is 0 Å². The molecule has 2 unspecified atom stereocenters. The topological polar surface area (TPSA) is 53.4 Å². The van der Waals surface area contributed by atoms with Gasteiger partial charge in [0.15, 0.2) is 5.72 Å². The summed E-state index contributed by atoms with van der Waals surface area (Å²) < 4.78 is 39.6. The van der Waals surface area contributed by atoms with E-state index in [1.807, 2.05) is 0 Å². The van der Waals surface area contributed by atoms with E-state index in [1.54, 1.807) is 6.92 Å². The Labute approximate surface area is 130 Å². The second-order valence-corrected chi connectivity index (χ2v) is 6.30. The van der Waals surface area contributed by atoms with Crippen LogP contribution >= 0.6 is 11.8 Å². The maximum absolute atomic E-state index is 13.2. The molecule has 2 heterocycles. The van der Waals surface area contributed by atoms with Crippen molar-refractivity contribution in [3.63, 3.8) is 0 Å². The van der Waals surface area contributed by atoms with Crippen LogP contribution in [0, 0.1) is 0 Å². The van der Waals surface area contributed by atoms with Gasteiger partial charge in [-0.3, -0.25) is 14.7 Å². The SMILES string of the molecule is CCSC(C1=CC(C)(O)N(c2ccncc2)C1=O)C(F)(F)F. The van der Waals surface area contributed by atoms with E-state index in [0.29, 0.717) is 17.4 Å². The summed E-state index contributed by atoms with van der Waals surface area (Å²) in [4.78, 5) is 17.2. The summed E-state index contributed by atoms with van der Waals surface area (Å²) in [6.07, 6.45) is -0.777. The second kappa shape index (κ2) is 5.92. The molecule has 1 aliphatic rings. The lowest BCUT2D eigenvalue weighted by atomic mass is 10.1. The predicted octanol–water partition coefficient (Wildman–Crippen LogP) is 2.75. The lowest BCUT2D eigenvalue weighted by Crippen LogP contribution is -2.45. The molecule has 1 amide bonds. The molecule has 1 aromatic rings. The predicted molar refractivity (Wildman–Crippen MR) is 78.4 cm³/mol. The Balaban J connectivity index is 2.42. The van der Waals surface area contributed by atoms with E-state index >= 15 is 0 Å². The maximum atomic E-state index is 13.2. The third-order valence-electron chi connectivity index (χ3n) is 3.17. The number of halogens is 3. The van der Waals surface area contributed by atoms with Crippen molar-refractivity contribution in [3.05, 3.63) is 36.2 Å². The number of pyridine rings is 1. The fraction of sp³-hybridized carbons (Fsp3) is 0.429. The zero-order chi connectivity index (χ0) is 16.5. The van der Waals surface area contributed by atoms with Gasteiger partial charge in [-0.25, -0.2) is 0 Å². The normalized spacial score (nSPS) is 23.6. The fourth-order valence-electron chi connectivity index (χ4n) is 2.34. The number of alkyl halides is 3. The van der Waals surface area contributed by atoms with E-state index in [1.165, 1.54) is 31.5 Å². The molecule has 2 atom stereocenters. The molecule has 22 heavy (non-hydrogen) atoms. The van der Waals surface area contributed by atoms with Crippen LogP contribution in [0.4, 0.5) is 18.9 Å². The van der Waals surface area contributed by atoms with Gasteiger partial charge in [-0.15, -0.1) is 11.8 Å². The summed E-state index contributed by atoms with van der Waals surface area (Å²) >= 11 is 0.618. The maximum Gasteiger partial charge on any atom is 0.404 e. The summed E-state index contributed by atoms with van der Waals surface area (Å²) in [5, 5.41) is 8.41. The zero-order valence-corrected chi connectivity index (χ0v) is 12.8. The Kier molecular flexibility index (Phi) is 4.53. The Bertz CT molecular complexity index is 588. The molecule has 8 heteroatoms. The van der Waals surface area contributed by atoms with E-state index in [-0.39, 0.29) is 5.75 Å². The molecule has 0 aliphatic carbocycles. The molecule has 0 saturated carbocycles. The number of rotatable bonds is 4. The molecule has 0 spiro atoms. The number of carbonyl (C=O) groups is 1. The number of anilines is 1. The molecule has 0 bridgehead atoms. The second-order valence-electron chi connectivity index (χ2n) is 4.92. The van der Waals surface area contributed by atoms with Crippen molar-refractivity contribution in [1.82, 2.24) is 4.98 Å². The average Bonchev–Trinajstić information content (AvgIpc) is 2.65. The largest absolute Gasteiger partial charge is 0.404 e. The molecule has 1 N–H and O–H groups in total. The van der Waals surface area contributed by atoms with Crippen molar-refractivity contribution in [2.75, 3.05) is 10.7 Å². The van der Waals surface area contributed by atoms with Gasteiger partial charge in [-0.05, 0) is 30.9 Å². The van der Waals surface area contributed by atoms with Crippen LogP contribution in [0.5, 0.6) is 0 Å². The first-order chi connectivity index (χ1) is 10.2. The molecular formula is C14H15F3N2O2S. The highest BCUT2D eigenvalue weighted by molar-refractivity contribution is 8.00. The van der Waals surface area contributed by atoms with Gasteiger partial charge in [0, 0.05) is 18.0 Å². The Morgan fingerprint density at radius 1 is 1.41 bits per heavy atom. The number of aromatic nitrogens is 1. The van der Waals surface area contributed by atoms with Gasteiger partial charge in [0.25, 0.3) is 5.91 Å². The lowest BCUT2D eigenvalue weighted by Gasteiger charge is -2.29. The van der Waals surface area contributed by atoms with E-state index in [4.69, 9.17) is 0 Å². The molecule has 1 aromatic heterocycles. The monoisotopic (exact) mass is 332 g/mol. The summed E-state index contributed by atoms with van der Waals surface area (Å²) in [5.41, 5.74) is -1.97. The van der Waals surface area contributed by atoms with Crippen LogP contribution < -0.4 is 4.90 Å². The van der Waals surface area contributed by atoms with E-state index in [0.717, 1.165) is 11.0 Å². The standard InChI is InChI=1S/C14H15F3N2O2S/c1-3-22-11(14(15,16)17)10-8-13(2,21)19(12(10)20)9-4-6-18-7-5-9/h4-8,11,21H,3H2,1-2H3. The molecular weight excluding hydrogens is 317 g/mol. The van der Waals surface area contributed by atoms with Crippen LogP contribution in [-0.4, -0.2) is 38.9 Å². The van der Waals surface area contributed by atoms with Gasteiger partial charge in [0.2, 0.25) is 0 Å². The number of amides is 1. The molecule has 1 aliphatic heterocycles. The summed E-state index contributed by atoms with van der Waals surface area (Å²) in [6.45, 7) is 2.87. The third-order valence-corrected chi connectivity index (χ3v) is 4.35. The Morgan fingerprint density at radius 3 is 2.50 bits per heavy atom. The number of aliphatic hydroxyl groups is 1. The van der Waals surface area contributed by atoms with Gasteiger partial charge in [0.1, 0.15) is 5.25 Å². The highest BCUT2D eigenvalue weighted by Gasteiger charge is 2.51. The van der Waals surface area contributed by atoms with Gasteiger partial charge >= 0.3 is 6.18 Å². The Morgan fingerprint density at radius 2 is 2.00 bits per heavy atom. The molecule has 4 nitrogen and oxygen atoms in total. The van der Waals surface area contributed by atoms with Crippen LogP contribution in [0.1, 0.15) is 13.8 Å². The molecule has 0 radical (unpaired) electrons. The minimum absolute atomic E-state index is 0.201. The van der Waals surface area contributed by atoms with Gasteiger partial charge in [0.05, 0.1) is 5.69 Å². The Hall–Kier alpha value is -1.54. The van der Waals surface area contributed by atoms with Crippen LogP contribution in [0.15, 0.2) is 36.2 Å². The highest BCUT2D eigenvalue weighted by Crippen LogP contribution is 2.41. The van der Waals surface area contributed by atoms with Crippen molar-refractivity contribution in [2.24, 2.45) is 0 Å². The van der Waals surface area contributed by atoms with Crippen molar-refractivity contribution in [1.29, 1.82) is 0 Å². The quantitative estimate of drug-likeness (QED) is 0.921. The van der Waals surface area contributed by atoms with E-state index in [2.05, 4.69) is 4.98 Å². The molecule has 0 aromatic carbocycles. The number of carbonyl (C=O) groups excluding carboxylic acids is 1. The molecule has 2 rings (SSSR count). The first-order valence-corrected chi connectivity index (χ1v) is 7.61. The number of hydrogen-bond acceptors (Lipinski definition) is 4. The van der Waals surface area contributed by atoms with Gasteiger partial charge < -0.3 is 5.11 Å². The first kappa shape index (κ1) is 16.8. The number of thioether (sulfide) groups is 1. The van der Waals surface area contributed by atoms with Crippen LogP contribution in [0.2, 0.25) is 0 Å². The smallest absolute Gasteiger partial charge is 0.367 e. The van der Waals surface area contributed by atoms with Crippen molar-refractivity contribution >= 4 is 23.4 Å². The fourth-order valence-corrected chi connectivity index (χ4v) is 3.21. The molecule has 120 valence electrons. The first-order valence-electron chi connectivity index (χ1n) is 6.56. The summed E-state index contributed by atoms with van der Waals surface area (Å²) in [6, 6.07) is 2.91. The minimum Gasteiger partial charge on any atom is -0.367 e. The van der Waals surface area contributed by atoms with Crippen molar-refractivity contribution in [3.8, 4) is 0 Å². The minimum atomic E-state index is -4.56. The molecule has 0 saturated heterocycles. The zero-order valence-electron chi connectivity index (χ0n) is 12.0. The third kappa shape index (κ3) is 3.12. The van der Waals surface area contributed by atoms with Crippen molar-refractivity contribution in [2.45, 2.75) is 31.0 Å². The highest BCUT2D eigenvalue weighted by atomic mass is 32.2. The molecule has 0 fully saturated rings. The average molecular weight is 332 g/mol. The number of hydrogen-bond donors (Lipinski definition) is 1. The summed E-state index contributed by atoms with van der Waals surface area (Å²) in [7, 11) is 0. The lowest BCUT2D eigenvalue weighted by molar-refractivity contribution is -0.129. The van der Waals surface area contributed by atoms with Crippen LogP contribution in [-0.2, 0) is 4.79 Å². The van der Waals surface area contributed by atoms with E-state index < -0.39 is 28.6 Å². The van der Waals surface area contributed by atoms with Crippen molar-refractivity contribution < 1.29 is 23.1 Å². The summed E-state index contributed by atoms with van der Waals surface area (Å²) in [5.74, 6) is -0.647. The van der Waals surface area contributed by atoms with Gasteiger partial charge in [-0.1, -0.05) is 6.92 Å². The van der Waals surface area contributed by atoms with Crippen LogP contribution in [0.25, 0.3) is 0 Å². The van der Waals surface area contributed by atoms with E-state index in [9.17, 15) is 23.1 Å². The number of nitrogens with zero attached hydrogens (tertiary/aromatic N) is 2. The van der Waals surface area contributed by atoms with Gasteiger partial charge in [-0.2, -0.15) is 13.2 Å².